The lowest BCUT2D eigenvalue weighted by Crippen LogP contribution is -2.42. The zero-order chi connectivity index (χ0) is 13.3. The average molecular weight is 246 g/mol. The first-order chi connectivity index (χ1) is 7.93. The molecule has 4 amide bonds. The van der Waals surface area contributed by atoms with E-state index in [0.29, 0.717) is 13.0 Å². The van der Waals surface area contributed by atoms with E-state index in [1.165, 1.54) is 4.90 Å². The second kappa shape index (κ2) is 8.20. The number of carbonyl (C=O) groups is 3. The number of nitrogens with zero attached hydrogens (tertiary/aromatic N) is 1. The molecule has 0 unspecified atom stereocenters. The number of rotatable bonds is 7. The number of aliphatic carboxylic acids is 1. The van der Waals surface area contributed by atoms with Crippen LogP contribution in [0.1, 0.15) is 12.8 Å². The van der Waals surface area contributed by atoms with Gasteiger partial charge in [0, 0.05) is 33.1 Å². The van der Waals surface area contributed by atoms with Crippen LogP contribution in [0.4, 0.5) is 9.59 Å². The summed E-state index contributed by atoms with van der Waals surface area (Å²) in [5, 5.41) is 13.3. The van der Waals surface area contributed by atoms with Gasteiger partial charge in [0.05, 0.1) is 0 Å². The molecule has 8 heteroatoms. The summed E-state index contributed by atoms with van der Waals surface area (Å²) in [6.45, 7) is 0.885. The molecule has 0 rings (SSSR count). The lowest BCUT2D eigenvalue weighted by Gasteiger charge is -2.17. The van der Waals surface area contributed by atoms with Crippen LogP contribution < -0.4 is 16.4 Å². The van der Waals surface area contributed by atoms with Crippen LogP contribution in [0.2, 0.25) is 0 Å². The third-order valence-corrected chi connectivity index (χ3v) is 1.93. The first kappa shape index (κ1) is 15.0. The molecule has 0 heterocycles. The number of carbonyl (C=O) groups excluding carboxylic acids is 2. The van der Waals surface area contributed by atoms with Gasteiger partial charge in [0.15, 0.2) is 0 Å². The van der Waals surface area contributed by atoms with Crippen molar-refractivity contribution >= 4 is 18.0 Å². The molecule has 0 aromatic rings. The van der Waals surface area contributed by atoms with Crippen LogP contribution in [0.25, 0.3) is 0 Å². The molecule has 8 nitrogen and oxygen atoms in total. The van der Waals surface area contributed by atoms with Crippen molar-refractivity contribution in [3.05, 3.63) is 0 Å². The van der Waals surface area contributed by atoms with Crippen molar-refractivity contribution in [2.24, 2.45) is 5.73 Å². The van der Waals surface area contributed by atoms with Crippen LogP contribution in [0.5, 0.6) is 0 Å². The van der Waals surface area contributed by atoms with E-state index >= 15 is 0 Å². The minimum atomic E-state index is -0.885. The van der Waals surface area contributed by atoms with Gasteiger partial charge in [0.25, 0.3) is 0 Å². The summed E-state index contributed by atoms with van der Waals surface area (Å²) in [6, 6.07) is -0.962. The van der Waals surface area contributed by atoms with Crippen LogP contribution in [0.3, 0.4) is 0 Å². The summed E-state index contributed by atoms with van der Waals surface area (Å²) in [7, 11) is 1.57. The molecule has 0 aromatic carbocycles. The van der Waals surface area contributed by atoms with E-state index < -0.39 is 12.0 Å². The molecule has 0 aromatic heterocycles. The zero-order valence-electron chi connectivity index (χ0n) is 9.73. The number of carboxylic acids is 1. The molecule has 0 aliphatic rings. The van der Waals surface area contributed by atoms with Crippen LogP contribution in [0, 0.1) is 0 Å². The maximum Gasteiger partial charge on any atom is 0.317 e. The fourth-order valence-corrected chi connectivity index (χ4v) is 1.06. The number of urea groups is 2. The van der Waals surface area contributed by atoms with Gasteiger partial charge in [-0.25, -0.2) is 9.59 Å². The molecular formula is C9H18N4O4. The van der Waals surface area contributed by atoms with E-state index in [4.69, 9.17) is 10.8 Å². The van der Waals surface area contributed by atoms with E-state index in [1.54, 1.807) is 7.05 Å². The van der Waals surface area contributed by atoms with Gasteiger partial charge in [-0.15, -0.1) is 0 Å². The molecule has 98 valence electrons. The van der Waals surface area contributed by atoms with Crippen molar-refractivity contribution in [2.45, 2.75) is 12.8 Å². The lowest BCUT2D eigenvalue weighted by molar-refractivity contribution is -0.137. The van der Waals surface area contributed by atoms with Gasteiger partial charge in [0.1, 0.15) is 0 Å². The molecule has 0 atom stereocenters. The number of nitrogens with one attached hydrogen (secondary N) is 2. The first-order valence-electron chi connectivity index (χ1n) is 5.17. The summed E-state index contributed by atoms with van der Waals surface area (Å²) >= 11 is 0. The number of hydrogen-bond acceptors (Lipinski definition) is 3. The fourth-order valence-electron chi connectivity index (χ4n) is 1.06. The minimum Gasteiger partial charge on any atom is -0.481 e. The van der Waals surface area contributed by atoms with Crippen molar-refractivity contribution < 1.29 is 19.5 Å². The molecule has 0 fully saturated rings. The number of carboxylic acid groups (broad SMARTS) is 1. The SMILES string of the molecule is CN(CCCC(=O)O)C(=O)NCCNC(N)=O. The van der Waals surface area contributed by atoms with Gasteiger partial charge in [0.2, 0.25) is 0 Å². The van der Waals surface area contributed by atoms with Gasteiger partial charge >= 0.3 is 18.0 Å². The maximum atomic E-state index is 11.4. The number of primary amides is 1. The summed E-state index contributed by atoms with van der Waals surface area (Å²) in [5.74, 6) is -0.885. The first-order valence-corrected chi connectivity index (χ1v) is 5.17. The van der Waals surface area contributed by atoms with Gasteiger partial charge in [-0.05, 0) is 6.42 Å². The van der Waals surface area contributed by atoms with Crippen molar-refractivity contribution in [3.63, 3.8) is 0 Å². The number of nitrogens with two attached hydrogens (primary N) is 1. The Hall–Kier alpha value is -1.99. The largest absolute Gasteiger partial charge is 0.481 e. The lowest BCUT2D eigenvalue weighted by atomic mass is 10.3. The quantitative estimate of drug-likeness (QED) is 0.437. The van der Waals surface area contributed by atoms with Crippen LogP contribution >= 0.6 is 0 Å². The standard InChI is InChI=1S/C9H18N4O4/c1-13(6-2-3-7(14)15)9(17)12-5-4-11-8(10)16/h2-6H2,1H3,(H,12,17)(H,14,15)(H3,10,11,16). The number of amides is 4. The van der Waals surface area contributed by atoms with Gasteiger partial charge in [-0.3, -0.25) is 4.79 Å². The Labute approximate surface area is 99.1 Å². The third kappa shape index (κ3) is 8.97. The highest BCUT2D eigenvalue weighted by Gasteiger charge is 2.07. The highest BCUT2D eigenvalue weighted by molar-refractivity contribution is 5.74. The molecule has 17 heavy (non-hydrogen) atoms. The monoisotopic (exact) mass is 246 g/mol. The van der Waals surface area contributed by atoms with E-state index in [0.717, 1.165) is 0 Å². The van der Waals surface area contributed by atoms with Crippen LogP contribution in [0.15, 0.2) is 0 Å². The summed E-state index contributed by atoms with van der Waals surface area (Å²) in [5.41, 5.74) is 4.83. The van der Waals surface area contributed by atoms with Crippen molar-refractivity contribution in [1.82, 2.24) is 15.5 Å². The molecule has 5 N–H and O–H groups in total. The normalized spacial score (nSPS) is 9.47. The zero-order valence-corrected chi connectivity index (χ0v) is 9.73. The Bertz CT molecular complexity index is 282. The van der Waals surface area contributed by atoms with Gasteiger partial charge in [-0.1, -0.05) is 0 Å². The molecular weight excluding hydrogens is 228 g/mol. The summed E-state index contributed by atoms with van der Waals surface area (Å²) in [6.07, 6.45) is 0.430. The van der Waals surface area contributed by atoms with Gasteiger partial charge < -0.3 is 26.4 Å². The summed E-state index contributed by atoms with van der Waals surface area (Å²) < 4.78 is 0. The van der Waals surface area contributed by atoms with E-state index in [2.05, 4.69) is 10.6 Å². The Morgan fingerprint density at radius 1 is 1.24 bits per heavy atom. The molecule has 0 spiro atoms. The van der Waals surface area contributed by atoms with Crippen molar-refractivity contribution in [2.75, 3.05) is 26.7 Å². The molecule has 0 aliphatic carbocycles. The predicted molar refractivity (Wildman–Crippen MR) is 60.5 cm³/mol. The van der Waals surface area contributed by atoms with Gasteiger partial charge in [-0.2, -0.15) is 0 Å². The predicted octanol–water partition coefficient (Wildman–Crippen LogP) is -0.839. The number of hydrogen-bond donors (Lipinski definition) is 4. The second-order valence-electron chi connectivity index (χ2n) is 3.44. The minimum absolute atomic E-state index is 0.0286. The van der Waals surface area contributed by atoms with Crippen molar-refractivity contribution in [3.8, 4) is 0 Å². The Kier molecular flexibility index (Phi) is 7.24. The van der Waals surface area contributed by atoms with Crippen LogP contribution in [-0.4, -0.2) is 54.7 Å². The smallest absolute Gasteiger partial charge is 0.317 e. The van der Waals surface area contributed by atoms with E-state index in [-0.39, 0.29) is 25.5 Å². The second-order valence-corrected chi connectivity index (χ2v) is 3.44. The van der Waals surface area contributed by atoms with Crippen molar-refractivity contribution in [1.29, 1.82) is 0 Å². The summed E-state index contributed by atoms with van der Waals surface area (Å²) in [4.78, 5) is 33.3. The Morgan fingerprint density at radius 3 is 2.35 bits per heavy atom. The molecule has 0 bridgehead atoms. The highest BCUT2D eigenvalue weighted by Crippen LogP contribution is 1.93. The molecule has 0 saturated heterocycles. The molecule has 0 radical (unpaired) electrons. The third-order valence-electron chi connectivity index (χ3n) is 1.93. The average Bonchev–Trinajstić information content (AvgIpc) is 2.23. The van der Waals surface area contributed by atoms with E-state index in [1.807, 2.05) is 0 Å². The van der Waals surface area contributed by atoms with Crippen LogP contribution in [-0.2, 0) is 4.79 Å². The highest BCUT2D eigenvalue weighted by atomic mass is 16.4. The van der Waals surface area contributed by atoms with E-state index in [9.17, 15) is 14.4 Å². The maximum absolute atomic E-state index is 11.4. The molecule has 0 saturated carbocycles. The Balaban J connectivity index is 3.60. The topological polar surface area (TPSA) is 125 Å². The molecule has 0 aliphatic heterocycles. The fraction of sp³-hybridized carbons (Fsp3) is 0.667. The Morgan fingerprint density at radius 2 is 1.82 bits per heavy atom.